The first kappa shape index (κ1) is 14.1. The minimum absolute atomic E-state index is 0.718. The van der Waals surface area contributed by atoms with Crippen LogP contribution in [-0.4, -0.2) is 35.8 Å². The molecule has 0 aliphatic carbocycles. The fourth-order valence-electron chi connectivity index (χ4n) is 1.57. The number of halogens is 4. The largest absolute Gasteiger partial charge is 0.285 e. The zero-order valence-electron chi connectivity index (χ0n) is 10.3. The molecule has 7 nitrogen and oxygen atoms in total. The van der Waals surface area contributed by atoms with Gasteiger partial charge in [-0.3, -0.25) is 4.79 Å². The third-order valence-electron chi connectivity index (χ3n) is 2.32. The van der Waals surface area contributed by atoms with Crippen molar-refractivity contribution in [1.82, 2.24) is 30.0 Å². The monoisotopic (exact) mass is 292 g/mol. The lowest BCUT2D eigenvalue weighted by molar-refractivity contribution is 0.0994. The van der Waals surface area contributed by atoms with E-state index in [1.807, 2.05) is 0 Å². The molecule has 0 fully saturated rings. The van der Waals surface area contributed by atoms with Gasteiger partial charge in [-0.25, -0.2) is 17.6 Å². The minimum Gasteiger partial charge on any atom is -0.285 e. The molecule has 2 aromatic rings. The first-order valence-corrected chi connectivity index (χ1v) is 5.24. The molecule has 0 bridgehead atoms. The Morgan fingerprint density at radius 1 is 0.850 bits per heavy atom. The Morgan fingerprint density at radius 2 is 1.20 bits per heavy atom. The van der Waals surface area contributed by atoms with Gasteiger partial charge in [0.25, 0.3) is 12.9 Å². The number of hydrogen-bond acceptors (Lipinski definition) is 5. The number of aromatic nitrogens is 6. The maximum Gasteiger partial charge on any atom is 0.284 e. The molecule has 0 N–H and O–H groups in total. The van der Waals surface area contributed by atoms with Crippen molar-refractivity contribution in [3.05, 3.63) is 22.8 Å². The molecule has 2 heterocycles. The van der Waals surface area contributed by atoms with Crippen molar-refractivity contribution in [3.63, 3.8) is 0 Å². The predicted octanol–water partition coefficient (Wildman–Crippen LogP) is 1.05. The van der Waals surface area contributed by atoms with Crippen LogP contribution in [0, 0.1) is 0 Å². The summed E-state index contributed by atoms with van der Waals surface area (Å²) in [6.07, 6.45) is -6.12. The molecule has 108 valence electrons. The highest BCUT2D eigenvalue weighted by Gasteiger charge is 2.31. The number of hydrogen-bond donors (Lipinski definition) is 0. The summed E-state index contributed by atoms with van der Waals surface area (Å²) in [6, 6.07) is 0. The predicted molar refractivity (Wildman–Crippen MR) is 55.4 cm³/mol. The Hall–Kier alpha value is -2.33. The van der Waals surface area contributed by atoms with Crippen LogP contribution in [0.25, 0.3) is 0 Å². The van der Waals surface area contributed by atoms with Crippen molar-refractivity contribution in [3.8, 4) is 0 Å². The number of alkyl halides is 4. The maximum atomic E-state index is 12.7. The van der Waals surface area contributed by atoms with Crippen molar-refractivity contribution in [1.29, 1.82) is 0 Å². The van der Waals surface area contributed by atoms with Crippen molar-refractivity contribution < 1.29 is 22.4 Å². The molecule has 0 aliphatic heterocycles. The Morgan fingerprint density at radius 3 is 1.50 bits per heavy atom. The van der Waals surface area contributed by atoms with E-state index in [1.54, 1.807) is 0 Å². The van der Waals surface area contributed by atoms with E-state index in [0.29, 0.717) is 0 Å². The van der Waals surface area contributed by atoms with Gasteiger partial charge in [0.1, 0.15) is 0 Å². The Labute approximate surface area is 109 Å². The zero-order chi connectivity index (χ0) is 15.0. The smallest absolute Gasteiger partial charge is 0.284 e. The molecule has 0 saturated carbocycles. The van der Waals surface area contributed by atoms with Crippen molar-refractivity contribution in [2.24, 2.45) is 14.1 Å². The summed E-state index contributed by atoms with van der Waals surface area (Å²) in [5.41, 5.74) is -3.21. The Balaban J connectivity index is 2.52. The number of rotatable bonds is 4. The van der Waals surface area contributed by atoms with Crippen LogP contribution >= 0.6 is 0 Å². The second-order valence-electron chi connectivity index (χ2n) is 3.78. The molecule has 0 unspecified atom stereocenters. The van der Waals surface area contributed by atoms with E-state index in [1.165, 1.54) is 14.1 Å². The molecular formula is C9H8F4N6O. The quantitative estimate of drug-likeness (QED) is 0.621. The molecule has 0 saturated heterocycles. The molecule has 0 atom stereocenters. The van der Waals surface area contributed by atoms with Crippen molar-refractivity contribution in [2.75, 3.05) is 0 Å². The van der Waals surface area contributed by atoms with E-state index in [4.69, 9.17) is 0 Å². The van der Waals surface area contributed by atoms with E-state index < -0.39 is 41.4 Å². The van der Waals surface area contributed by atoms with Gasteiger partial charge in [-0.05, 0) is 0 Å². The molecule has 11 heteroatoms. The van der Waals surface area contributed by atoms with Crippen LogP contribution in [0.15, 0.2) is 0 Å². The average molecular weight is 292 g/mol. The van der Waals surface area contributed by atoms with E-state index in [0.717, 1.165) is 9.59 Å². The molecule has 0 spiro atoms. The van der Waals surface area contributed by atoms with E-state index in [-0.39, 0.29) is 0 Å². The molecule has 2 rings (SSSR count). The highest BCUT2D eigenvalue weighted by Crippen LogP contribution is 2.25. The summed E-state index contributed by atoms with van der Waals surface area (Å²) in [5, 5.41) is 13.6. The lowest BCUT2D eigenvalue weighted by atomic mass is 10.1. The van der Waals surface area contributed by atoms with Gasteiger partial charge in [-0.15, -0.1) is 10.2 Å². The highest BCUT2D eigenvalue weighted by atomic mass is 19.3. The topological polar surface area (TPSA) is 78.5 Å². The fourth-order valence-corrected chi connectivity index (χ4v) is 1.57. The number of ketones is 1. The normalized spacial score (nSPS) is 11.6. The third-order valence-corrected chi connectivity index (χ3v) is 2.32. The molecule has 0 amide bonds. The average Bonchev–Trinajstić information content (AvgIpc) is 2.91. The summed E-state index contributed by atoms with van der Waals surface area (Å²) in [4.78, 5) is 13.5. The lowest BCUT2D eigenvalue weighted by Crippen LogP contribution is -2.10. The zero-order valence-corrected chi connectivity index (χ0v) is 10.3. The SMILES string of the molecule is Cn1nc(C(=O)c2nn(C)nc2C(F)F)c(C(F)F)n1. The van der Waals surface area contributed by atoms with Gasteiger partial charge in [0.15, 0.2) is 22.8 Å². The summed E-state index contributed by atoms with van der Waals surface area (Å²) in [7, 11) is 2.46. The molecule has 0 aliphatic rings. The van der Waals surface area contributed by atoms with Crippen LogP contribution in [0.5, 0.6) is 0 Å². The fraction of sp³-hybridized carbons (Fsp3) is 0.444. The molecule has 0 radical (unpaired) electrons. The van der Waals surface area contributed by atoms with E-state index >= 15 is 0 Å². The minimum atomic E-state index is -3.06. The van der Waals surface area contributed by atoms with Crippen LogP contribution in [-0.2, 0) is 14.1 Å². The van der Waals surface area contributed by atoms with Gasteiger partial charge in [-0.1, -0.05) is 0 Å². The molecule has 20 heavy (non-hydrogen) atoms. The van der Waals surface area contributed by atoms with Crippen LogP contribution in [0.4, 0.5) is 17.6 Å². The van der Waals surface area contributed by atoms with Gasteiger partial charge in [0, 0.05) is 14.1 Å². The Bertz CT molecular complexity index is 595. The number of carbonyl (C=O) groups is 1. The second-order valence-corrected chi connectivity index (χ2v) is 3.78. The van der Waals surface area contributed by atoms with Gasteiger partial charge >= 0.3 is 0 Å². The lowest BCUT2D eigenvalue weighted by Gasteiger charge is -1.98. The standard InChI is InChI=1S/C9H8F4N6O/c1-18-14-3(5(16-18)8(10)11)7(20)4-6(9(12)13)17-19(2)15-4/h8-9H,1-2H3. The summed E-state index contributed by atoms with van der Waals surface area (Å²) in [5.74, 6) is -1.17. The van der Waals surface area contributed by atoms with Gasteiger partial charge in [0.2, 0.25) is 5.78 Å². The van der Waals surface area contributed by atoms with Gasteiger partial charge < -0.3 is 0 Å². The summed E-state index contributed by atoms with van der Waals surface area (Å²) < 4.78 is 50.9. The van der Waals surface area contributed by atoms with E-state index in [2.05, 4.69) is 20.4 Å². The van der Waals surface area contributed by atoms with Crippen molar-refractivity contribution >= 4 is 5.78 Å². The van der Waals surface area contributed by atoms with Crippen LogP contribution in [0.3, 0.4) is 0 Å². The van der Waals surface area contributed by atoms with Gasteiger partial charge in [0.05, 0.1) is 0 Å². The molecular weight excluding hydrogens is 284 g/mol. The maximum absolute atomic E-state index is 12.7. The number of aryl methyl sites for hydroxylation is 2. The number of carbonyl (C=O) groups excluding carboxylic acids is 1. The van der Waals surface area contributed by atoms with Crippen LogP contribution in [0.1, 0.15) is 40.4 Å². The first-order chi connectivity index (χ1) is 9.31. The summed E-state index contributed by atoms with van der Waals surface area (Å²) >= 11 is 0. The molecule has 0 aromatic carbocycles. The second kappa shape index (κ2) is 4.98. The van der Waals surface area contributed by atoms with E-state index in [9.17, 15) is 22.4 Å². The molecule has 2 aromatic heterocycles. The van der Waals surface area contributed by atoms with Gasteiger partial charge in [-0.2, -0.15) is 19.8 Å². The van der Waals surface area contributed by atoms with Crippen LogP contribution < -0.4 is 0 Å². The summed E-state index contributed by atoms with van der Waals surface area (Å²) in [6.45, 7) is 0. The third kappa shape index (κ3) is 2.38. The number of nitrogens with zero attached hydrogens (tertiary/aromatic N) is 6. The first-order valence-electron chi connectivity index (χ1n) is 5.24. The van der Waals surface area contributed by atoms with Crippen molar-refractivity contribution in [2.45, 2.75) is 12.9 Å². The Kier molecular flexibility index (Phi) is 3.51. The van der Waals surface area contributed by atoms with Crippen LogP contribution in [0.2, 0.25) is 0 Å². The highest BCUT2D eigenvalue weighted by molar-refractivity contribution is 6.07.